The summed E-state index contributed by atoms with van der Waals surface area (Å²) >= 11 is 0. The molecule has 1 aliphatic rings. The summed E-state index contributed by atoms with van der Waals surface area (Å²) in [7, 11) is 1.56. The Hall–Kier alpha value is -2.57. The fourth-order valence-corrected chi connectivity index (χ4v) is 2.79. The molecule has 2 rings (SSSR count). The highest BCUT2D eigenvalue weighted by atomic mass is 16.4. The topological polar surface area (TPSA) is 90.0 Å². The number of urea groups is 1. The number of carboxylic acids is 1. The fraction of sp³-hybridized carbons (Fsp3) is 0.471. The molecule has 3 amide bonds. The average Bonchev–Trinajstić information content (AvgIpc) is 2.53. The van der Waals surface area contributed by atoms with E-state index in [9.17, 15) is 14.4 Å². The molecule has 0 radical (unpaired) electrons. The number of benzene rings is 1. The highest BCUT2D eigenvalue weighted by Gasteiger charge is 2.21. The van der Waals surface area contributed by atoms with Crippen molar-refractivity contribution < 1.29 is 19.5 Å². The van der Waals surface area contributed by atoms with Gasteiger partial charge in [-0.15, -0.1) is 0 Å². The number of aryl methyl sites for hydroxylation is 1. The molecule has 0 saturated carbocycles. The molecule has 0 spiro atoms. The number of hydrogen-bond donors (Lipinski definition) is 2. The van der Waals surface area contributed by atoms with Crippen LogP contribution < -0.4 is 10.2 Å². The number of aliphatic carboxylic acids is 1. The Morgan fingerprint density at radius 2 is 2.08 bits per heavy atom. The molecule has 24 heavy (non-hydrogen) atoms. The van der Waals surface area contributed by atoms with Crippen LogP contribution in [-0.4, -0.2) is 48.1 Å². The summed E-state index contributed by atoms with van der Waals surface area (Å²) in [4.78, 5) is 37.8. The lowest BCUT2D eigenvalue weighted by Gasteiger charge is -2.29. The summed E-state index contributed by atoms with van der Waals surface area (Å²) in [5, 5.41) is 11.7. The minimum Gasteiger partial charge on any atom is -0.481 e. The van der Waals surface area contributed by atoms with E-state index in [1.165, 1.54) is 4.90 Å². The molecule has 7 nitrogen and oxygen atoms in total. The molecule has 1 aliphatic heterocycles. The number of rotatable bonds is 4. The Balaban J connectivity index is 2.07. The first-order valence-corrected chi connectivity index (χ1v) is 7.95. The maximum atomic E-state index is 12.2. The van der Waals surface area contributed by atoms with Gasteiger partial charge in [0.1, 0.15) is 0 Å². The van der Waals surface area contributed by atoms with Gasteiger partial charge in [-0.2, -0.15) is 0 Å². The maximum Gasteiger partial charge on any atom is 0.321 e. The van der Waals surface area contributed by atoms with E-state index in [1.54, 1.807) is 31.9 Å². The van der Waals surface area contributed by atoms with Crippen molar-refractivity contribution in [1.82, 2.24) is 4.90 Å². The lowest BCUT2D eigenvalue weighted by atomic mass is 10.0. The SMILES string of the molecule is CC(=O)N1CCCc2cc(NC(=O)N(C)CC(C)C(=O)O)ccc21. The number of carboxylic acid groups (broad SMARTS) is 1. The Labute approximate surface area is 141 Å². The third kappa shape index (κ3) is 4.04. The number of nitrogens with zero attached hydrogens (tertiary/aromatic N) is 2. The lowest BCUT2D eigenvalue weighted by Crippen LogP contribution is -2.37. The highest BCUT2D eigenvalue weighted by molar-refractivity contribution is 5.94. The zero-order valence-corrected chi connectivity index (χ0v) is 14.2. The summed E-state index contributed by atoms with van der Waals surface area (Å²) in [5.41, 5.74) is 2.55. The van der Waals surface area contributed by atoms with E-state index in [2.05, 4.69) is 5.32 Å². The van der Waals surface area contributed by atoms with Gasteiger partial charge in [-0.25, -0.2) is 4.79 Å². The Morgan fingerprint density at radius 3 is 2.71 bits per heavy atom. The summed E-state index contributed by atoms with van der Waals surface area (Å²) < 4.78 is 0. The monoisotopic (exact) mass is 333 g/mol. The van der Waals surface area contributed by atoms with Gasteiger partial charge < -0.3 is 20.2 Å². The molecular formula is C17H23N3O4. The molecule has 0 fully saturated rings. The molecular weight excluding hydrogens is 310 g/mol. The van der Waals surface area contributed by atoms with Crippen LogP contribution in [0, 0.1) is 5.92 Å². The van der Waals surface area contributed by atoms with Crippen LogP contribution in [0.4, 0.5) is 16.2 Å². The second-order valence-corrected chi connectivity index (χ2v) is 6.17. The Kier molecular flexibility index (Phi) is 5.43. The molecule has 1 aromatic carbocycles. The average molecular weight is 333 g/mol. The Morgan fingerprint density at radius 1 is 1.38 bits per heavy atom. The van der Waals surface area contributed by atoms with Crippen molar-refractivity contribution in [2.24, 2.45) is 5.92 Å². The van der Waals surface area contributed by atoms with Crippen molar-refractivity contribution in [2.75, 3.05) is 30.4 Å². The van der Waals surface area contributed by atoms with Crippen molar-refractivity contribution in [3.8, 4) is 0 Å². The van der Waals surface area contributed by atoms with E-state index in [0.29, 0.717) is 12.2 Å². The van der Waals surface area contributed by atoms with Gasteiger partial charge >= 0.3 is 12.0 Å². The number of carbonyl (C=O) groups is 3. The predicted molar refractivity (Wildman–Crippen MR) is 91.2 cm³/mol. The largest absolute Gasteiger partial charge is 0.481 e. The predicted octanol–water partition coefficient (Wildman–Crippen LogP) is 2.17. The lowest BCUT2D eigenvalue weighted by molar-refractivity contribution is -0.141. The van der Waals surface area contributed by atoms with Gasteiger partial charge in [0.05, 0.1) is 5.92 Å². The third-order valence-corrected chi connectivity index (χ3v) is 4.15. The number of fused-ring (bicyclic) bond motifs is 1. The van der Waals surface area contributed by atoms with Gasteiger partial charge in [0.2, 0.25) is 5.91 Å². The van der Waals surface area contributed by atoms with E-state index < -0.39 is 11.9 Å². The van der Waals surface area contributed by atoms with Crippen molar-refractivity contribution in [1.29, 1.82) is 0 Å². The van der Waals surface area contributed by atoms with Gasteiger partial charge in [-0.05, 0) is 36.6 Å². The molecule has 1 aromatic rings. The van der Waals surface area contributed by atoms with E-state index in [1.807, 2.05) is 12.1 Å². The van der Waals surface area contributed by atoms with Crippen molar-refractivity contribution in [3.63, 3.8) is 0 Å². The van der Waals surface area contributed by atoms with Gasteiger partial charge in [-0.3, -0.25) is 9.59 Å². The maximum absolute atomic E-state index is 12.2. The molecule has 1 atom stereocenters. The highest BCUT2D eigenvalue weighted by Crippen LogP contribution is 2.29. The standard InChI is InChI=1S/C17H23N3O4/c1-11(16(22)23)10-19(3)17(24)18-14-6-7-15-13(9-14)5-4-8-20(15)12(2)21/h6-7,9,11H,4-5,8,10H2,1-3H3,(H,18,24)(H,22,23). The van der Waals surface area contributed by atoms with Crippen LogP contribution in [0.2, 0.25) is 0 Å². The molecule has 0 aromatic heterocycles. The van der Waals surface area contributed by atoms with Crippen molar-refractivity contribution in [3.05, 3.63) is 23.8 Å². The molecule has 0 saturated heterocycles. The van der Waals surface area contributed by atoms with Crippen LogP contribution in [0.3, 0.4) is 0 Å². The molecule has 0 aliphatic carbocycles. The minimum absolute atomic E-state index is 0.00938. The van der Waals surface area contributed by atoms with Gasteiger partial charge in [0.15, 0.2) is 0 Å². The third-order valence-electron chi connectivity index (χ3n) is 4.15. The first-order valence-electron chi connectivity index (χ1n) is 7.95. The van der Waals surface area contributed by atoms with Crippen LogP contribution in [0.5, 0.6) is 0 Å². The second kappa shape index (κ2) is 7.33. The second-order valence-electron chi connectivity index (χ2n) is 6.17. The quantitative estimate of drug-likeness (QED) is 0.883. The normalized spacial score (nSPS) is 14.5. The molecule has 1 heterocycles. The number of carbonyl (C=O) groups excluding carboxylic acids is 2. The first kappa shape index (κ1) is 17.8. The van der Waals surface area contributed by atoms with Crippen LogP contribution in [0.15, 0.2) is 18.2 Å². The summed E-state index contributed by atoms with van der Waals surface area (Å²) in [6.45, 7) is 3.94. The summed E-state index contributed by atoms with van der Waals surface area (Å²) in [6, 6.07) is 5.11. The van der Waals surface area contributed by atoms with Crippen LogP contribution >= 0.6 is 0 Å². The molecule has 1 unspecified atom stereocenters. The molecule has 130 valence electrons. The van der Waals surface area contributed by atoms with Crippen molar-refractivity contribution >= 4 is 29.3 Å². The molecule has 0 bridgehead atoms. The minimum atomic E-state index is -0.937. The smallest absolute Gasteiger partial charge is 0.321 e. The van der Waals surface area contributed by atoms with E-state index >= 15 is 0 Å². The van der Waals surface area contributed by atoms with Gasteiger partial charge in [-0.1, -0.05) is 6.92 Å². The first-order chi connectivity index (χ1) is 11.3. The molecule has 2 N–H and O–H groups in total. The number of amides is 3. The van der Waals surface area contributed by atoms with E-state index in [-0.39, 0.29) is 18.5 Å². The van der Waals surface area contributed by atoms with E-state index in [4.69, 9.17) is 5.11 Å². The number of hydrogen-bond acceptors (Lipinski definition) is 3. The number of anilines is 2. The van der Waals surface area contributed by atoms with Gasteiger partial charge in [0, 0.05) is 38.4 Å². The summed E-state index contributed by atoms with van der Waals surface area (Å²) in [5.74, 6) is -1.56. The summed E-state index contributed by atoms with van der Waals surface area (Å²) in [6.07, 6.45) is 1.74. The van der Waals surface area contributed by atoms with Crippen LogP contribution in [0.1, 0.15) is 25.8 Å². The van der Waals surface area contributed by atoms with Crippen LogP contribution in [-0.2, 0) is 16.0 Å². The van der Waals surface area contributed by atoms with Crippen LogP contribution in [0.25, 0.3) is 0 Å². The fourth-order valence-electron chi connectivity index (χ4n) is 2.79. The zero-order chi connectivity index (χ0) is 17.9. The molecule has 7 heteroatoms. The van der Waals surface area contributed by atoms with Crippen molar-refractivity contribution in [2.45, 2.75) is 26.7 Å². The number of nitrogens with one attached hydrogen (secondary N) is 1. The van der Waals surface area contributed by atoms with Gasteiger partial charge in [0.25, 0.3) is 0 Å². The van der Waals surface area contributed by atoms with E-state index in [0.717, 1.165) is 24.1 Å². The Bertz CT molecular complexity index is 659. The zero-order valence-electron chi connectivity index (χ0n) is 14.2.